The van der Waals surface area contributed by atoms with Crippen molar-refractivity contribution < 1.29 is 4.74 Å². The Kier molecular flexibility index (Phi) is 7.03. The highest BCUT2D eigenvalue weighted by Crippen LogP contribution is 2.40. The molecule has 6 rings (SSSR count). The van der Waals surface area contributed by atoms with Crippen LogP contribution in [0, 0.1) is 5.92 Å². The van der Waals surface area contributed by atoms with Gasteiger partial charge in [0.15, 0.2) is 5.84 Å². The Labute approximate surface area is 239 Å². The van der Waals surface area contributed by atoms with Crippen molar-refractivity contribution in [2.75, 3.05) is 30.1 Å². The molecular formula is C32H28Cl2N4O. The van der Waals surface area contributed by atoms with Crippen molar-refractivity contribution in [3.63, 3.8) is 0 Å². The van der Waals surface area contributed by atoms with E-state index in [0.717, 1.165) is 51.9 Å². The van der Waals surface area contributed by atoms with Crippen molar-refractivity contribution in [1.29, 1.82) is 0 Å². The zero-order valence-electron chi connectivity index (χ0n) is 21.8. The first-order chi connectivity index (χ1) is 19.0. The third-order valence-electron chi connectivity index (χ3n) is 7.40. The van der Waals surface area contributed by atoms with Gasteiger partial charge >= 0.3 is 0 Å². The van der Waals surface area contributed by atoms with Gasteiger partial charge in [-0.3, -0.25) is 0 Å². The molecule has 0 aromatic heterocycles. The summed E-state index contributed by atoms with van der Waals surface area (Å²) in [7, 11) is 1.69. The van der Waals surface area contributed by atoms with Crippen LogP contribution in [0.25, 0.3) is 11.1 Å². The van der Waals surface area contributed by atoms with Gasteiger partial charge in [-0.1, -0.05) is 71.7 Å². The smallest absolute Gasteiger partial charge is 0.156 e. The quantitative estimate of drug-likeness (QED) is 0.252. The first kappa shape index (κ1) is 25.5. The number of hydrogen-bond donors (Lipinski definition) is 0. The molecule has 39 heavy (non-hydrogen) atoms. The van der Waals surface area contributed by atoms with Crippen molar-refractivity contribution in [1.82, 2.24) is 0 Å². The highest BCUT2D eigenvalue weighted by atomic mass is 35.5. The van der Waals surface area contributed by atoms with E-state index in [9.17, 15) is 0 Å². The van der Waals surface area contributed by atoms with Gasteiger partial charge in [0, 0.05) is 50.4 Å². The van der Waals surface area contributed by atoms with Gasteiger partial charge in [-0.2, -0.15) is 0 Å². The van der Waals surface area contributed by atoms with Crippen LogP contribution >= 0.6 is 23.2 Å². The van der Waals surface area contributed by atoms with E-state index in [-0.39, 0.29) is 12.1 Å². The second-order valence-electron chi connectivity index (χ2n) is 9.77. The molecule has 2 heterocycles. The number of anilines is 2. The maximum atomic E-state index is 6.60. The summed E-state index contributed by atoms with van der Waals surface area (Å²) in [5.74, 6) is 1.66. The molecule has 4 aromatic carbocycles. The molecule has 1 saturated heterocycles. The van der Waals surface area contributed by atoms with Crippen LogP contribution in [-0.2, 0) is 0 Å². The van der Waals surface area contributed by atoms with Crippen molar-refractivity contribution in [3.8, 4) is 16.9 Å². The number of fused-ring (bicyclic) bond motifs is 1. The number of aliphatic imine (C=N–C) groups is 2. The Balaban J connectivity index is 1.42. The summed E-state index contributed by atoms with van der Waals surface area (Å²) in [6.07, 6.45) is -0.0866. The molecule has 0 radical (unpaired) electrons. The number of nitrogens with zero attached hydrogens (tertiary/aromatic N) is 4. The summed E-state index contributed by atoms with van der Waals surface area (Å²) < 4.78 is 5.72. The van der Waals surface area contributed by atoms with Crippen LogP contribution in [0.3, 0.4) is 0 Å². The molecule has 0 saturated carbocycles. The summed E-state index contributed by atoms with van der Waals surface area (Å²) in [5, 5.41) is 1.39. The molecule has 2 atom stereocenters. The number of halogens is 2. The summed E-state index contributed by atoms with van der Waals surface area (Å²) >= 11 is 12.9. The predicted octanol–water partition coefficient (Wildman–Crippen LogP) is 7.82. The maximum absolute atomic E-state index is 6.60. The van der Waals surface area contributed by atoms with E-state index < -0.39 is 0 Å². The van der Waals surface area contributed by atoms with Gasteiger partial charge in [0.05, 0.1) is 19.7 Å². The lowest BCUT2D eigenvalue weighted by Gasteiger charge is -2.48. The molecule has 7 heteroatoms. The fourth-order valence-corrected chi connectivity index (χ4v) is 5.71. The molecule has 196 valence electrons. The highest BCUT2D eigenvalue weighted by Gasteiger charge is 2.39. The molecule has 0 bridgehead atoms. The maximum Gasteiger partial charge on any atom is 0.156 e. The van der Waals surface area contributed by atoms with Gasteiger partial charge in [0.2, 0.25) is 0 Å². The number of benzene rings is 4. The van der Waals surface area contributed by atoms with Gasteiger partial charge in [0.1, 0.15) is 11.9 Å². The van der Waals surface area contributed by atoms with Crippen LogP contribution in [0.15, 0.2) is 107 Å². The molecule has 2 unspecified atom stereocenters. The van der Waals surface area contributed by atoms with Gasteiger partial charge in [0.25, 0.3) is 0 Å². The van der Waals surface area contributed by atoms with Gasteiger partial charge < -0.3 is 14.5 Å². The third-order valence-corrected chi connectivity index (χ3v) is 7.98. The molecule has 5 nitrogen and oxygen atoms in total. The van der Waals surface area contributed by atoms with Crippen LogP contribution in [0.4, 0.5) is 11.4 Å². The Bertz CT molecular complexity index is 1550. The first-order valence-corrected chi connectivity index (χ1v) is 13.7. The average Bonchev–Trinajstić information content (AvgIpc) is 2.97. The fourth-order valence-electron chi connectivity index (χ4n) is 5.35. The van der Waals surface area contributed by atoms with E-state index in [1.54, 1.807) is 7.11 Å². The normalized spacial score (nSPS) is 18.8. The van der Waals surface area contributed by atoms with Gasteiger partial charge in [-0.25, -0.2) is 9.98 Å². The summed E-state index contributed by atoms with van der Waals surface area (Å²) in [5.41, 5.74) is 6.12. The number of methoxy groups -OCH3 is 1. The standard InChI is InChI=1S/C32H28Cl2N4O/c1-21-28-19-37(25-16-17-30(39-2)27(18-25)26-10-6-7-11-29(26)34)20-38(24-14-12-23(33)13-15-24)32(28)36-31(35-21)22-8-4-3-5-9-22/h3-18,28,32H,19-20H2,1-2H3. The minimum absolute atomic E-state index is 0.0866. The SMILES string of the molecule is COc1ccc(N2CC3C(C)=NC(c4ccccc4)=NC3N(c3ccc(Cl)cc3)C2)cc1-c1ccccc1Cl. The lowest BCUT2D eigenvalue weighted by atomic mass is 9.93. The first-order valence-electron chi connectivity index (χ1n) is 12.9. The number of hydrogen-bond acceptors (Lipinski definition) is 5. The molecule has 0 spiro atoms. The monoisotopic (exact) mass is 554 g/mol. The van der Waals surface area contributed by atoms with E-state index in [0.29, 0.717) is 16.7 Å². The Morgan fingerprint density at radius 3 is 2.28 bits per heavy atom. The molecule has 0 aliphatic carbocycles. The molecule has 2 aliphatic rings. The Morgan fingerprint density at radius 2 is 1.54 bits per heavy atom. The van der Waals surface area contributed by atoms with Crippen molar-refractivity contribution in [3.05, 3.63) is 113 Å². The van der Waals surface area contributed by atoms with Crippen molar-refractivity contribution in [2.24, 2.45) is 15.9 Å². The number of ether oxygens (including phenoxy) is 1. The lowest BCUT2D eigenvalue weighted by molar-refractivity contribution is 0.415. The van der Waals surface area contributed by atoms with Crippen molar-refractivity contribution in [2.45, 2.75) is 13.1 Å². The van der Waals surface area contributed by atoms with Crippen LogP contribution in [0.1, 0.15) is 12.5 Å². The lowest BCUT2D eigenvalue weighted by Crippen LogP contribution is -2.58. The molecule has 0 amide bonds. The number of amidine groups is 1. The zero-order chi connectivity index (χ0) is 26.9. The molecular weight excluding hydrogens is 527 g/mol. The van der Waals surface area contributed by atoms with E-state index in [1.165, 1.54) is 0 Å². The fraction of sp³-hybridized carbons (Fsp3) is 0.188. The van der Waals surface area contributed by atoms with Crippen LogP contribution < -0.4 is 14.5 Å². The topological polar surface area (TPSA) is 40.4 Å². The minimum atomic E-state index is -0.0866. The molecule has 2 aliphatic heterocycles. The van der Waals surface area contributed by atoms with Gasteiger partial charge in [-0.05, 0) is 55.5 Å². The van der Waals surface area contributed by atoms with Crippen LogP contribution in [0.5, 0.6) is 5.75 Å². The summed E-state index contributed by atoms with van der Waals surface area (Å²) in [6.45, 7) is 3.54. The van der Waals surface area contributed by atoms with E-state index in [4.69, 9.17) is 37.9 Å². The van der Waals surface area contributed by atoms with Gasteiger partial charge in [-0.15, -0.1) is 0 Å². The molecule has 0 N–H and O–H groups in total. The average molecular weight is 556 g/mol. The summed E-state index contributed by atoms with van der Waals surface area (Å²) in [6, 6.07) is 32.3. The molecule has 1 fully saturated rings. The third kappa shape index (κ3) is 5.00. The van der Waals surface area contributed by atoms with Crippen LogP contribution in [0.2, 0.25) is 10.0 Å². The highest BCUT2D eigenvalue weighted by molar-refractivity contribution is 6.33. The molecule has 4 aromatic rings. The zero-order valence-corrected chi connectivity index (χ0v) is 23.3. The Morgan fingerprint density at radius 1 is 0.821 bits per heavy atom. The van der Waals surface area contributed by atoms with E-state index in [1.807, 2.05) is 60.7 Å². The summed E-state index contributed by atoms with van der Waals surface area (Å²) in [4.78, 5) is 14.9. The van der Waals surface area contributed by atoms with E-state index >= 15 is 0 Å². The number of rotatable bonds is 5. The largest absolute Gasteiger partial charge is 0.496 e. The predicted molar refractivity (Wildman–Crippen MR) is 163 cm³/mol. The second kappa shape index (κ2) is 10.8. The van der Waals surface area contributed by atoms with E-state index in [2.05, 4.69) is 53.1 Å². The Hall–Kier alpha value is -3.80. The minimum Gasteiger partial charge on any atom is -0.496 e. The second-order valence-corrected chi connectivity index (χ2v) is 10.6. The van der Waals surface area contributed by atoms with Crippen LogP contribution in [-0.4, -0.2) is 38.0 Å². The van der Waals surface area contributed by atoms with Crippen molar-refractivity contribution >= 4 is 46.1 Å².